The van der Waals surface area contributed by atoms with Crippen LogP contribution in [0.2, 0.25) is 0 Å². The van der Waals surface area contributed by atoms with Crippen LogP contribution in [0.4, 0.5) is 0 Å². The van der Waals surface area contributed by atoms with Gasteiger partial charge >= 0.3 is 5.97 Å². The van der Waals surface area contributed by atoms with Gasteiger partial charge in [0.05, 0.1) is 14.2 Å². The lowest BCUT2D eigenvalue weighted by Crippen LogP contribution is -2.21. The van der Waals surface area contributed by atoms with Crippen LogP contribution >= 0.6 is 12.2 Å². The largest absolute Gasteiger partial charge is 0.493 e. The van der Waals surface area contributed by atoms with Crippen molar-refractivity contribution in [3.8, 4) is 11.5 Å². The molecule has 1 aliphatic rings. The molecule has 0 fully saturated rings. The number of methoxy groups -OCH3 is 2. The molecule has 2 rings (SSSR count). The lowest BCUT2D eigenvalue weighted by molar-refractivity contribution is -0.142. The summed E-state index contributed by atoms with van der Waals surface area (Å²) in [5, 5.41) is 4.18. The van der Waals surface area contributed by atoms with Crippen molar-refractivity contribution < 1.29 is 23.8 Å². The Kier molecular flexibility index (Phi) is 6.60. The van der Waals surface area contributed by atoms with E-state index in [9.17, 15) is 9.59 Å². The maximum atomic E-state index is 11.4. The van der Waals surface area contributed by atoms with Gasteiger partial charge in [0.1, 0.15) is 0 Å². The minimum Gasteiger partial charge on any atom is -0.493 e. The Balaban J connectivity index is 2.34. The molecule has 1 amide bonds. The van der Waals surface area contributed by atoms with Crippen LogP contribution in [-0.4, -0.2) is 47.3 Å². The molecule has 0 atom stereocenters. The van der Waals surface area contributed by atoms with Crippen LogP contribution in [-0.2, 0) is 24.4 Å². The average molecular weight is 380 g/mol. The fraction of sp³-hybridized carbons (Fsp3) is 0.235. The van der Waals surface area contributed by atoms with E-state index in [1.807, 2.05) is 31.2 Å². The Morgan fingerprint density at radius 3 is 2.72 bits per heavy atom. The molecule has 0 radical (unpaired) electrons. The maximum absolute atomic E-state index is 11.4. The highest BCUT2D eigenvalue weighted by Gasteiger charge is 2.11. The standard InChI is InChI=1S/C17H18NO5S2/c1-11(25-10-14(19)18-17(25)24)7-8-12-5-4-6-13(21-2)16(12)23-9-15(20)22-3/h4-8,10H,9H2,1-3H3,(H,18,19,24)/q-1. The summed E-state index contributed by atoms with van der Waals surface area (Å²) >= 11 is 5.17. The fourth-order valence-electron chi connectivity index (χ4n) is 2.03. The number of nitrogens with one attached hydrogen (secondary N) is 1. The molecule has 134 valence electrons. The summed E-state index contributed by atoms with van der Waals surface area (Å²) in [6.45, 7) is 1.68. The van der Waals surface area contributed by atoms with Gasteiger partial charge in [0.25, 0.3) is 0 Å². The highest BCUT2D eigenvalue weighted by Crippen LogP contribution is 2.32. The number of benzene rings is 1. The number of rotatable bonds is 6. The number of allylic oxidation sites excluding steroid dienone is 1. The number of amides is 1. The second-order valence-corrected chi connectivity index (χ2v) is 7.55. The first-order valence-corrected chi connectivity index (χ1v) is 8.97. The summed E-state index contributed by atoms with van der Waals surface area (Å²) in [6.07, 6.45) is 3.70. The van der Waals surface area contributed by atoms with E-state index in [0.29, 0.717) is 15.8 Å². The number of para-hydroxylation sites is 1. The van der Waals surface area contributed by atoms with Crippen molar-refractivity contribution >= 4 is 54.8 Å². The van der Waals surface area contributed by atoms with E-state index in [4.69, 9.17) is 21.7 Å². The zero-order valence-corrected chi connectivity index (χ0v) is 15.7. The normalized spacial score (nSPS) is 17.1. The Hall–Kier alpha value is -2.32. The van der Waals surface area contributed by atoms with Gasteiger partial charge in [-0.05, 0) is 10.4 Å². The molecular formula is C17H18NO5S2-. The van der Waals surface area contributed by atoms with E-state index in [2.05, 4.69) is 10.1 Å². The first-order valence-electron chi connectivity index (χ1n) is 7.27. The predicted molar refractivity (Wildman–Crippen MR) is 104 cm³/mol. The molecule has 0 unspecified atom stereocenters. The third-order valence-corrected chi connectivity index (χ3v) is 5.71. The lowest BCUT2D eigenvalue weighted by Gasteiger charge is -2.13. The van der Waals surface area contributed by atoms with Crippen LogP contribution < -0.4 is 14.8 Å². The van der Waals surface area contributed by atoms with Crippen molar-refractivity contribution in [2.45, 2.75) is 6.92 Å². The summed E-state index contributed by atoms with van der Waals surface area (Å²) in [5.41, 5.74) is 0.732. The van der Waals surface area contributed by atoms with Gasteiger partial charge in [0.15, 0.2) is 18.1 Å². The van der Waals surface area contributed by atoms with Crippen molar-refractivity contribution in [3.63, 3.8) is 0 Å². The van der Waals surface area contributed by atoms with E-state index >= 15 is 0 Å². The second kappa shape index (κ2) is 8.68. The number of hydrogen-bond acceptors (Lipinski definition) is 7. The maximum Gasteiger partial charge on any atom is 0.343 e. The predicted octanol–water partition coefficient (Wildman–Crippen LogP) is 1.29. The minimum atomic E-state index is -0.517. The number of carbonyl (C=O) groups is 2. The van der Waals surface area contributed by atoms with Crippen molar-refractivity contribution in [2.75, 3.05) is 20.8 Å². The van der Waals surface area contributed by atoms with E-state index in [0.717, 1.165) is 10.4 Å². The Morgan fingerprint density at radius 2 is 2.12 bits per heavy atom. The average Bonchev–Trinajstić information content (AvgIpc) is 2.95. The third kappa shape index (κ3) is 4.83. The summed E-state index contributed by atoms with van der Waals surface area (Å²) in [5.74, 6) is 0.283. The van der Waals surface area contributed by atoms with E-state index in [1.54, 1.807) is 11.4 Å². The van der Waals surface area contributed by atoms with Crippen LogP contribution in [0.3, 0.4) is 0 Å². The first-order chi connectivity index (χ1) is 12.0. The monoisotopic (exact) mass is 380 g/mol. The summed E-state index contributed by atoms with van der Waals surface area (Å²) < 4.78 is 15.9. The van der Waals surface area contributed by atoms with Gasteiger partial charge in [0, 0.05) is 5.56 Å². The number of ether oxygens (including phenoxy) is 3. The molecule has 1 aromatic carbocycles. The topological polar surface area (TPSA) is 73.9 Å². The highest BCUT2D eigenvalue weighted by molar-refractivity contribution is 8.19. The van der Waals surface area contributed by atoms with Crippen LogP contribution in [0.1, 0.15) is 12.5 Å². The third-order valence-electron chi connectivity index (χ3n) is 3.29. The number of thiocarbonyl (C=S) groups is 1. The zero-order chi connectivity index (χ0) is 18.4. The molecule has 6 nitrogen and oxygen atoms in total. The van der Waals surface area contributed by atoms with Gasteiger partial charge < -0.3 is 29.6 Å². The molecule has 0 saturated heterocycles. The molecule has 25 heavy (non-hydrogen) atoms. The second-order valence-electron chi connectivity index (χ2n) is 4.92. The highest BCUT2D eigenvalue weighted by atomic mass is 32.2. The molecular weight excluding hydrogens is 362 g/mol. The summed E-state index contributed by atoms with van der Waals surface area (Å²) in [4.78, 5) is 23.7. The van der Waals surface area contributed by atoms with Crippen LogP contribution in [0.25, 0.3) is 6.08 Å². The smallest absolute Gasteiger partial charge is 0.343 e. The molecule has 1 heterocycles. The van der Waals surface area contributed by atoms with Crippen LogP contribution in [0.5, 0.6) is 11.5 Å². The Morgan fingerprint density at radius 1 is 1.36 bits per heavy atom. The zero-order valence-electron chi connectivity index (χ0n) is 14.0. The van der Waals surface area contributed by atoms with Gasteiger partial charge in [-0.2, -0.15) is 4.86 Å². The van der Waals surface area contributed by atoms with E-state index in [-0.39, 0.29) is 12.5 Å². The minimum absolute atomic E-state index is 0.176. The Labute approximate surface area is 153 Å². The van der Waals surface area contributed by atoms with E-state index in [1.165, 1.54) is 14.2 Å². The van der Waals surface area contributed by atoms with Crippen molar-refractivity contribution in [3.05, 3.63) is 29.8 Å². The molecule has 0 saturated carbocycles. The van der Waals surface area contributed by atoms with Crippen LogP contribution in [0.15, 0.2) is 24.3 Å². The van der Waals surface area contributed by atoms with Gasteiger partial charge in [-0.1, -0.05) is 43.4 Å². The van der Waals surface area contributed by atoms with Crippen LogP contribution in [0, 0.1) is 0 Å². The molecule has 1 aromatic rings. The number of hydrogen-bond donors (Lipinski definition) is 1. The lowest BCUT2D eigenvalue weighted by atomic mass is 10.1. The molecule has 1 N–H and O–H groups in total. The summed E-state index contributed by atoms with van der Waals surface area (Å²) in [7, 11) is 2.30. The van der Waals surface area contributed by atoms with Crippen molar-refractivity contribution in [2.24, 2.45) is 0 Å². The van der Waals surface area contributed by atoms with E-state index < -0.39 is 16.0 Å². The number of carbonyl (C=O) groups excluding carboxylic acids is 2. The van der Waals surface area contributed by atoms with Gasteiger partial charge in [-0.3, -0.25) is 4.79 Å². The van der Waals surface area contributed by atoms with Gasteiger partial charge in [-0.15, -0.1) is 5.37 Å². The first kappa shape index (κ1) is 19.0. The molecule has 0 spiro atoms. The van der Waals surface area contributed by atoms with Gasteiger partial charge in [-0.25, -0.2) is 4.79 Å². The SMILES string of the molecule is COC(=O)COc1c(C=CC(C)=[S-]2=CC(=O)NC2=S)cccc1OC. The number of esters is 1. The molecule has 0 aliphatic carbocycles. The molecule has 0 bridgehead atoms. The van der Waals surface area contributed by atoms with Gasteiger partial charge in [0.2, 0.25) is 5.91 Å². The molecule has 8 heteroatoms. The fourth-order valence-corrected chi connectivity index (χ4v) is 3.96. The van der Waals surface area contributed by atoms with Crippen molar-refractivity contribution in [1.29, 1.82) is 0 Å². The molecule has 0 aromatic heterocycles. The Bertz CT molecular complexity index is 835. The quantitative estimate of drug-likeness (QED) is 0.347. The molecule has 1 aliphatic heterocycles. The van der Waals surface area contributed by atoms with Crippen molar-refractivity contribution in [1.82, 2.24) is 5.32 Å². The summed E-state index contributed by atoms with van der Waals surface area (Å²) in [6, 6.07) is 5.39.